The van der Waals surface area contributed by atoms with E-state index < -0.39 is 0 Å². The van der Waals surface area contributed by atoms with E-state index in [9.17, 15) is 4.39 Å². The summed E-state index contributed by atoms with van der Waals surface area (Å²) in [4.78, 5) is 9.12. The van der Waals surface area contributed by atoms with Crippen LogP contribution in [-0.4, -0.2) is 49.7 Å². The van der Waals surface area contributed by atoms with Crippen LogP contribution in [0.5, 0.6) is 0 Å². The van der Waals surface area contributed by atoms with Crippen molar-refractivity contribution in [3.8, 4) is 6.07 Å². The van der Waals surface area contributed by atoms with Crippen LogP contribution >= 0.6 is 0 Å². The Labute approximate surface area is 149 Å². The lowest BCUT2D eigenvalue weighted by Gasteiger charge is -2.34. The molecule has 3 aromatic rings. The first-order valence-electron chi connectivity index (χ1n) is 8.56. The summed E-state index contributed by atoms with van der Waals surface area (Å²) in [5.41, 5.74) is 1.76. The minimum Gasteiger partial charge on any atom is -0.348 e. The molecule has 8 heteroatoms. The van der Waals surface area contributed by atoms with Crippen LogP contribution in [0.3, 0.4) is 0 Å². The van der Waals surface area contributed by atoms with Crippen LogP contribution in [0.4, 0.5) is 10.2 Å². The van der Waals surface area contributed by atoms with E-state index >= 15 is 0 Å². The van der Waals surface area contributed by atoms with E-state index in [2.05, 4.69) is 25.0 Å². The van der Waals surface area contributed by atoms with Crippen molar-refractivity contribution in [1.82, 2.24) is 24.5 Å². The number of fused-ring (bicyclic) bond motifs is 3. The molecule has 1 aromatic carbocycles. The van der Waals surface area contributed by atoms with Gasteiger partial charge in [-0.25, -0.2) is 9.37 Å². The van der Waals surface area contributed by atoms with E-state index in [4.69, 9.17) is 5.26 Å². The third-order valence-corrected chi connectivity index (χ3v) is 5.38. The summed E-state index contributed by atoms with van der Waals surface area (Å²) in [7, 11) is 0. The van der Waals surface area contributed by atoms with E-state index in [0.29, 0.717) is 29.8 Å². The van der Waals surface area contributed by atoms with Gasteiger partial charge in [0.2, 0.25) is 5.65 Å². The molecule has 0 spiro atoms. The zero-order valence-electron chi connectivity index (χ0n) is 14.0. The summed E-state index contributed by atoms with van der Waals surface area (Å²) in [6.07, 6.45) is 6.32. The molecule has 2 saturated heterocycles. The van der Waals surface area contributed by atoms with Crippen LogP contribution in [0, 0.1) is 17.1 Å². The van der Waals surface area contributed by atoms with Gasteiger partial charge in [0.05, 0.1) is 11.6 Å². The van der Waals surface area contributed by atoms with Crippen molar-refractivity contribution in [3.05, 3.63) is 53.9 Å². The van der Waals surface area contributed by atoms with Crippen LogP contribution in [0.2, 0.25) is 0 Å². The highest BCUT2D eigenvalue weighted by Gasteiger charge is 2.44. The predicted octanol–water partition coefficient (Wildman–Crippen LogP) is 1.60. The van der Waals surface area contributed by atoms with Crippen molar-refractivity contribution in [3.63, 3.8) is 0 Å². The number of nitriles is 1. The number of rotatable bonds is 3. The van der Waals surface area contributed by atoms with Gasteiger partial charge >= 0.3 is 0 Å². The normalized spacial score (nSPS) is 22.2. The van der Waals surface area contributed by atoms with Gasteiger partial charge in [-0.05, 0) is 18.6 Å². The van der Waals surface area contributed by atoms with E-state index in [1.807, 2.05) is 16.7 Å². The summed E-state index contributed by atoms with van der Waals surface area (Å²) >= 11 is 0. The van der Waals surface area contributed by atoms with Crippen LogP contribution in [0.25, 0.3) is 5.65 Å². The van der Waals surface area contributed by atoms with E-state index in [-0.39, 0.29) is 5.82 Å². The topological polar surface area (TPSA) is 73.4 Å². The zero-order chi connectivity index (χ0) is 17.7. The third kappa shape index (κ3) is 2.32. The quantitative estimate of drug-likeness (QED) is 0.715. The van der Waals surface area contributed by atoms with Gasteiger partial charge in [0.1, 0.15) is 12.1 Å². The Kier molecular flexibility index (Phi) is 3.36. The lowest BCUT2D eigenvalue weighted by Crippen LogP contribution is -2.46. The molecule has 0 aliphatic carbocycles. The molecule has 2 aliphatic rings. The van der Waals surface area contributed by atoms with Crippen molar-refractivity contribution in [1.29, 1.82) is 5.26 Å². The van der Waals surface area contributed by atoms with Crippen LogP contribution in [0.1, 0.15) is 17.5 Å². The molecule has 2 unspecified atom stereocenters. The Balaban J connectivity index is 1.35. The fourth-order valence-electron chi connectivity index (χ4n) is 4.11. The van der Waals surface area contributed by atoms with Crippen LogP contribution in [0.15, 0.2) is 36.9 Å². The van der Waals surface area contributed by atoms with Gasteiger partial charge in [-0.3, -0.25) is 9.30 Å². The van der Waals surface area contributed by atoms with Gasteiger partial charge in [0, 0.05) is 49.7 Å². The molecule has 2 aromatic heterocycles. The third-order valence-electron chi connectivity index (χ3n) is 5.38. The number of aromatic nitrogens is 4. The second-order valence-electron chi connectivity index (χ2n) is 6.86. The zero-order valence-corrected chi connectivity index (χ0v) is 14.0. The van der Waals surface area contributed by atoms with E-state index in [0.717, 1.165) is 31.0 Å². The number of benzene rings is 1. The monoisotopic (exact) mass is 349 g/mol. The number of anilines is 1. The van der Waals surface area contributed by atoms with Crippen LogP contribution < -0.4 is 4.90 Å². The molecule has 7 nitrogen and oxygen atoms in total. The van der Waals surface area contributed by atoms with Crippen molar-refractivity contribution in [2.45, 2.75) is 25.0 Å². The summed E-state index contributed by atoms with van der Waals surface area (Å²) in [5.74, 6) is 0.556. The number of halogens is 1. The number of nitrogens with zero attached hydrogens (tertiary/aromatic N) is 7. The van der Waals surface area contributed by atoms with Crippen molar-refractivity contribution in [2.24, 2.45) is 0 Å². The fraction of sp³-hybridized carbons (Fsp3) is 0.333. The Hall–Kier alpha value is -3.05. The highest BCUT2D eigenvalue weighted by atomic mass is 19.1. The Bertz CT molecular complexity index is 1020. The van der Waals surface area contributed by atoms with Gasteiger partial charge in [-0.15, -0.1) is 10.2 Å². The summed E-state index contributed by atoms with van der Waals surface area (Å²) < 4.78 is 16.1. The first-order valence-corrected chi connectivity index (χ1v) is 8.56. The largest absolute Gasteiger partial charge is 0.348 e. The second-order valence-corrected chi connectivity index (χ2v) is 6.86. The highest BCUT2D eigenvalue weighted by Crippen LogP contribution is 2.35. The van der Waals surface area contributed by atoms with Crippen LogP contribution in [-0.2, 0) is 6.54 Å². The molecule has 2 bridgehead atoms. The molecular weight excluding hydrogens is 333 g/mol. The van der Waals surface area contributed by atoms with Gasteiger partial charge in [-0.2, -0.15) is 5.26 Å². The van der Waals surface area contributed by atoms with Gasteiger partial charge in [0.15, 0.2) is 5.82 Å². The van der Waals surface area contributed by atoms with Crippen molar-refractivity contribution < 1.29 is 4.39 Å². The van der Waals surface area contributed by atoms with Crippen molar-refractivity contribution in [2.75, 3.05) is 18.0 Å². The Morgan fingerprint density at radius 3 is 2.96 bits per heavy atom. The number of hydrogen-bond donors (Lipinski definition) is 0. The average Bonchev–Trinajstić information content (AvgIpc) is 3.37. The molecule has 0 amide bonds. The Morgan fingerprint density at radius 1 is 1.27 bits per heavy atom. The predicted molar refractivity (Wildman–Crippen MR) is 91.8 cm³/mol. The summed E-state index contributed by atoms with van der Waals surface area (Å²) in [6, 6.07) is 7.38. The van der Waals surface area contributed by atoms with E-state index in [1.54, 1.807) is 24.7 Å². The maximum Gasteiger partial charge on any atom is 0.203 e. The van der Waals surface area contributed by atoms with Gasteiger partial charge < -0.3 is 4.90 Å². The molecule has 4 heterocycles. The lowest BCUT2D eigenvalue weighted by molar-refractivity contribution is 0.227. The SMILES string of the molecule is N#Cc1ccc(CN2CC3CC2CN3c2nccn3cnnc23)c(F)c1. The molecule has 0 radical (unpaired) electrons. The van der Waals surface area contributed by atoms with Crippen molar-refractivity contribution >= 4 is 11.5 Å². The second kappa shape index (κ2) is 5.75. The number of likely N-dealkylation sites (tertiary alicyclic amines) is 1. The maximum atomic E-state index is 14.2. The average molecular weight is 349 g/mol. The first-order chi connectivity index (χ1) is 12.7. The summed E-state index contributed by atoms with van der Waals surface area (Å²) in [5, 5.41) is 17.0. The minimum atomic E-state index is -0.307. The molecule has 2 aliphatic heterocycles. The number of piperazine rings is 1. The smallest absolute Gasteiger partial charge is 0.203 e. The molecule has 5 rings (SSSR count). The highest BCUT2D eigenvalue weighted by molar-refractivity contribution is 5.64. The molecule has 2 fully saturated rings. The standard InChI is InChI=1S/C18H16FN7/c19-16-5-12(7-20)1-2-13(16)8-25-9-15-6-14(25)10-26(15)17-18-23-22-11-24(18)4-3-21-17/h1-5,11,14-15H,6,8-10H2. The molecular formula is C18H16FN7. The first kappa shape index (κ1) is 15.2. The maximum absolute atomic E-state index is 14.2. The van der Waals surface area contributed by atoms with Gasteiger partial charge in [0.25, 0.3) is 0 Å². The number of hydrogen-bond acceptors (Lipinski definition) is 6. The molecule has 130 valence electrons. The molecule has 26 heavy (non-hydrogen) atoms. The van der Waals surface area contributed by atoms with Gasteiger partial charge in [-0.1, -0.05) is 6.07 Å². The molecule has 0 saturated carbocycles. The fourth-order valence-corrected chi connectivity index (χ4v) is 4.11. The molecule has 2 atom stereocenters. The minimum absolute atomic E-state index is 0.307. The Morgan fingerprint density at radius 2 is 2.19 bits per heavy atom. The summed E-state index contributed by atoms with van der Waals surface area (Å²) in [6.45, 7) is 2.28. The lowest BCUT2D eigenvalue weighted by atomic mass is 10.1. The molecule has 0 N–H and O–H groups in total. The van der Waals surface area contributed by atoms with E-state index in [1.165, 1.54) is 6.07 Å².